The van der Waals surface area contributed by atoms with Crippen LogP contribution in [-0.4, -0.2) is 62.4 Å². The van der Waals surface area contributed by atoms with Crippen molar-refractivity contribution in [2.24, 2.45) is 5.92 Å². The molecule has 0 aromatic heterocycles. The largest absolute Gasteiger partial charge is 0.352 e. The number of likely N-dealkylation sites (N-methyl/N-ethyl adjacent to an activating group) is 1. The molecule has 5 nitrogen and oxygen atoms in total. The van der Waals surface area contributed by atoms with Crippen molar-refractivity contribution < 1.29 is 9.59 Å². The van der Waals surface area contributed by atoms with E-state index in [1.165, 1.54) is 6.42 Å². The van der Waals surface area contributed by atoms with Crippen LogP contribution in [0.15, 0.2) is 34.4 Å². The first-order valence-electron chi connectivity index (χ1n) is 10.7. The fourth-order valence-corrected chi connectivity index (χ4v) is 3.59. The zero-order chi connectivity index (χ0) is 21.6. The molecule has 2 amide bonds. The average molecular weight is 424 g/mol. The minimum Gasteiger partial charge on any atom is -0.352 e. The predicted octanol–water partition coefficient (Wildman–Crippen LogP) is 4.11. The number of nitrogens with one attached hydrogen (secondary N) is 1. The number of rotatable bonds is 13. The van der Waals surface area contributed by atoms with E-state index in [0.29, 0.717) is 31.8 Å². The number of unbranched alkanes of at least 4 members (excludes halogenated alkanes) is 3. The van der Waals surface area contributed by atoms with Crippen LogP contribution in [0.25, 0.3) is 0 Å². The Hall–Kier alpha value is -1.59. The number of hydrogen-bond acceptors (Lipinski definition) is 3. The Morgan fingerprint density at radius 1 is 1.28 bits per heavy atom. The van der Waals surface area contributed by atoms with Gasteiger partial charge in [-0.05, 0) is 57.8 Å². The fraction of sp³-hybridized carbons (Fsp3) is 0.652. The molecule has 0 bridgehead atoms. The summed E-state index contributed by atoms with van der Waals surface area (Å²) in [5, 5.41) is 3.84. The molecule has 6 heteroatoms. The molecule has 1 N–H and O–H groups in total. The lowest BCUT2D eigenvalue weighted by atomic mass is 10.0. The Morgan fingerprint density at radius 3 is 2.69 bits per heavy atom. The summed E-state index contributed by atoms with van der Waals surface area (Å²) in [5.41, 5.74) is 1.68. The van der Waals surface area contributed by atoms with Gasteiger partial charge in [-0.15, -0.1) is 0 Å². The third-order valence-electron chi connectivity index (χ3n) is 5.08. The van der Waals surface area contributed by atoms with Gasteiger partial charge in [0.2, 0.25) is 12.3 Å². The molecule has 0 heterocycles. The number of hydrogen-bond donors (Lipinski definition) is 1. The minimum atomic E-state index is -0.0820. The summed E-state index contributed by atoms with van der Waals surface area (Å²) in [5.74, 6) is 0.180. The molecule has 1 rings (SSSR count). The lowest BCUT2D eigenvalue weighted by molar-refractivity contribution is -0.119. The highest BCUT2D eigenvalue weighted by molar-refractivity contribution is 6.31. The van der Waals surface area contributed by atoms with Crippen LogP contribution < -0.4 is 5.32 Å². The SMILES string of the molecule is CCCCCCN(C=O)C/C(C(=O)NCC1C=CC(Cl)=CCC1)=C(\C)CN(C)C. The molecule has 0 radical (unpaired) electrons. The molecule has 1 aliphatic carbocycles. The molecular weight excluding hydrogens is 386 g/mol. The van der Waals surface area contributed by atoms with Gasteiger partial charge in [-0.25, -0.2) is 0 Å². The van der Waals surface area contributed by atoms with E-state index in [-0.39, 0.29) is 11.8 Å². The van der Waals surface area contributed by atoms with Crippen molar-refractivity contribution in [2.45, 2.75) is 52.4 Å². The molecule has 0 saturated carbocycles. The molecule has 0 saturated heterocycles. The lowest BCUT2D eigenvalue weighted by Gasteiger charge is -2.23. The topological polar surface area (TPSA) is 52.7 Å². The van der Waals surface area contributed by atoms with E-state index in [9.17, 15) is 9.59 Å². The molecule has 0 aliphatic heterocycles. The fourth-order valence-electron chi connectivity index (χ4n) is 3.41. The van der Waals surface area contributed by atoms with Gasteiger partial charge in [-0.2, -0.15) is 0 Å². The van der Waals surface area contributed by atoms with E-state index in [4.69, 9.17) is 11.6 Å². The van der Waals surface area contributed by atoms with Crippen molar-refractivity contribution in [3.8, 4) is 0 Å². The van der Waals surface area contributed by atoms with Crippen molar-refractivity contribution in [1.29, 1.82) is 0 Å². The third kappa shape index (κ3) is 10.7. The number of halogens is 1. The van der Waals surface area contributed by atoms with Gasteiger partial charge in [0.15, 0.2) is 0 Å². The van der Waals surface area contributed by atoms with Crippen LogP contribution >= 0.6 is 11.6 Å². The first-order valence-corrected chi connectivity index (χ1v) is 11.1. The van der Waals surface area contributed by atoms with Gasteiger partial charge in [0, 0.05) is 30.2 Å². The van der Waals surface area contributed by atoms with Crippen LogP contribution in [-0.2, 0) is 9.59 Å². The summed E-state index contributed by atoms with van der Waals surface area (Å²) in [6.07, 6.45) is 13.1. The maximum Gasteiger partial charge on any atom is 0.249 e. The first kappa shape index (κ1) is 25.4. The number of amides is 2. The van der Waals surface area contributed by atoms with Crippen LogP contribution in [0, 0.1) is 5.92 Å². The molecule has 0 spiro atoms. The van der Waals surface area contributed by atoms with Crippen molar-refractivity contribution in [1.82, 2.24) is 15.1 Å². The molecule has 1 aliphatic rings. The molecule has 1 atom stereocenters. The Labute approximate surface area is 181 Å². The summed E-state index contributed by atoms with van der Waals surface area (Å²) < 4.78 is 0. The molecule has 0 aromatic carbocycles. The summed E-state index contributed by atoms with van der Waals surface area (Å²) >= 11 is 6.06. The van der Waals surface area contributed by atoms with Crippen LogP contribution in [0.2, 0.25) is 0 Å². The van der Waals surface area contributed by atoms with Crippen LogP contribution in [0.3, 0.4) is 0 Å². The molecule has 0 aromatic rings. The molecular formula is C23H38ClN3O2. The maximum absolute atomic E-state index is 13.0. The second-order valence-electron chi connectivity index (χ2n) is 8.13. The second kappa shape index (κ2) is 14.4. The van der Waals surface area contributed by atoms with Crippen molar-refractivity contribution >= 4 is 23.9 Å². The highest BCUT2D eigenvalue weighted by Gasteiger charge is 2.18. The monoisotopic (exact) mass is 423 g/mol. The Balaban J connectivity index is 2.76. The van der Waals surface area contributed by atoms with Crippen LogP contribution in [0.5, 0.6) is 0 Å². The smallest absolute Gasteiger partial charge is 0.249 e. The Bertz CT molecular complexity index is 611. The first-order chi connectivity index (χ1) is 13.9. The predicted molar refractivity (Wildman–Crippen MR) is 122 cm³/mol. The maximum atomic E-state index is 13.0. The van der Waals surface area contributed by atoms with Gasteiger partial charge in [0.1, 0.15) is 0 Å². The molecule has 29 heavy (non-hydrogen) atoms. The molecule has 0 fully saturated rings. The molecule has 1 unspecified atom stereocenters. The highest BCUT2D eigenvalue weighted by Crippen LogP contribution is 2.18. The van der Waals surface area contributed by atoms with Gasteiger partial charge in [0.25, 0.3) is 0 Å². The van der Waals surface area contributed by atoms with Gasteiger partial charge < -0.3 is 15.1 Å². The number of carbonyl (C=O) groups excluding carboxylic acids is 2. The third-order valence-corrected chi connectivity index (χ3v) is 5.36. The Morgan fingerprint density at radius 2 is 2.03 bits per heavy atom. The summed E-state index contributed by atoms with van der Waals surface area (Å²) in [6, 6.07) is 0. The van der Waals surface area contributed by atoms with Crippen molar-refractivity contribution in [2.75, 3.05) is 40.3 Å². The zero-order valence-corrected chi connectivity index (χ0v) is 19.3. The minimum absolute atomic E-state index is 0.0820. The van der Waals surface area contributed by atoms with Gasteiger partial charge in [-0.3, -0.25) is 9.59 Å². The summed E-state index contributed by atoms with van der Waals surface area (Å²) in [7, 11) is 3.96. The van der Waals surface area contributed by atoms with E-state index < -0.39 is 0 Å². The average Bonchev–Trinajstić information content (AvgIpc) is 2.89. The Kier molecular flexibility index (Phi) is 12.6. The molecule has 164 valence electrons. The van der Waals surface area contributed by atoms with Crippen molar-refractivity contribution in [3.63, 3.8) is 0 Å². The number of nitrogens with zero attached hydrogens (tertiary/aromatic N) is 2. The standard InChI is InChI=1S/C23H38ClN3O2/c1-5-6-7-8-14-27(18-28)17-22(19(2)16-26(3)4)23(29)25-15-20-10-9-11-21(24)13-12-20/h11-13,18,20H,5-10,14-17H2,1-4H3,(H,25,29)/b22-19-. The van der Waals surface area contributed by atoms with Gasteiger partial charge in [0.05, 0.1) is 6.54 Å². The van der Waals surface area contributed by atoms with E-state index in [2.05, 4.69) is 18.3 Å². The van der Waals surface area contributed by atoms with Crippen LogP contribution in [0.4, 0.5) is 0 Å². The normalized spacial score (nSPS) is 17.4. The lowest BCUT2D eigenvalue weighted by Crippen LogP contribution is -2.36. The summed E-state index contributed by atoms with van der Waals surface area (Å²) in [4.78, 5) is 28.3. The van der Waals surface area contributed by atoms with Gasteiger partial charge >= 0.3 is 0 Å². The van der Waals surface area contributed by atoms with E-state index in [1.54, 1.807) is 4.90 Å². The zero-order valence-electron chi connectivity index (χ0n) is 18.5. The highest BCUT2D eigenvalue weighted by atomic mass is 35.5. The van der Waals surface area contributed by atoms with E-state index in [0.717, 1.165) is 49.1 Å². The van der Waals surface area contributed by atoms with E-state index in [1.807, 2.05) is 38.1 Å². The van der Waals surface area contributed by atoms with E-state index >= 15 is 0 Å². The van der Waals surface area contributed by atoms with Crippen molar-refractivity contribution in [3.05, 3.63) is 34.4 Å². The van der Waals surface area contributed by atoms with Gasteiger partial charge in [-0.1, -0.05) is 49.9 Å². The van der Waals surface area contributed by atoms with Crippen LogP contribution in [0.1, 0.15) is 52.4 Å². The number of allylic oxidation sites excluding steroid dienone is 3. The number of carbonyl (C=O) groups is 2. The summed E-state index contributed by atoms with van der Waals surface area (Å²) in [6.45, 7) is 6.45. The quantitative estimate of drug-likeness (QED) is 0.275. The second-order valence-corrected chi connectivity index (χ2v) is 8.57.